The number of hydrogen-bond acceptors (Lipinski definition) is 3. The van der Waals surface area contributed by atoms with Crippen molar-refractivity contribution in [3.63, 3.8) is 0 Å². The van der Waals surface area contributed by atoms with E-state index in [1.54, 1.807) is 7.11 Å². The van der Waals surface area contributed by atoms with Gasteiger partial charge in [-0.25, -0.2) is 0 Å². The summed E-state index contributed by atoms with van der Waals surface area (Å²) in [5.41, 5.74) is 1.36. The topological polar surface area (TPSA) is 33.3 Å². The summed E-state index contributed by atoms with van der Waals surface area (Å²) in [6.45, 7) is 1.84. The Labute approximate surface area is 108 Å². The molecule has 0 spiro atoms. The Morgan fingerprint density at radius 3 is 2.61 bits per heavy atom. The summed E-state index contributed by atoms with van der Waals surface area (Å²) in [7, 11) is 3.64. The molecule has 0 fully saturated rings. The van der Waals surface area contributed by atoms with Crippen LogP contribution in [0.1, 0.15) is 5.56 Å². The third kappa shape index (κ3) is 3.22. The van der Waals surface area contributed by atoms with Gasteiger partial charge in [-0.15, -0.1) is 0 Å². The molecule has 0 bridgehead atoms. The SMILES string of the molecule is CNCNCCc1ccc2cc(OC)ccc2c1. The summed E-state index contributed by atoms with van der Waals surface area (Å²) in [6.07, 6.45) is 1.05. The molecule has 0 aliphatic carbocycles. The molecule has 0 saturated carbocycles. The van der Waals surface area contributed by atoms with E-state index in [2.05, 4.69) is 41.0 Å². The van der Waals surface area contributed by atoms with E-state index in [-0.39, 0.29) is 0 Å². The van der Waals surface area contributed by atoms with Crippen molar-refractivity contribution in [3.8, 4) is 5.75 Å². The Morgan fingerprint density at radius 2 is 1.83 bits per heavy atom. The van der Waals surface area contributed by atoms with Crippen molar-refractivity contribution in [2.75, 3.05) is 27.4 Å². The maximum absolute atomic E-state index is 5.23. The minimum absolute atomic E-state index is 0.852. The minimum Gasteiger partial charge on any atom is -0.497 e. The largest absolute Gasteiger partial charge is 0.497 e. The van der Waals surface area contributed by atoms with E-state index >= 15 is 0 Å². The highest BCUT2D eigenvalue weighted by molar-refractivity contribution is 5.84. The lowest BCUT2D eigenvalue weighted by molar-refractivity contribution is 0.415. The molecule has 0 aliphatic heterocycles. The molecule has 96 valence electrons. The van der Waals surface area contributed by atoms with Gasteiger partial charge in [0, 0.05) is 13.2 Å². The summed E-state index contributed by atoms with van der Waals surface area (Å²) in [6, 6.07) is 12.8. The summed E-state index contributed by atoms with van der Waals surface area (Å²) < 4.78 is 5.23. The van der Waals surface area contributed by atoms with Crippen LogP contribution < -0.4 is 15.4 Å². The Morgan fingerprint density at radius 1 is 1.06 bits per heavy atom. The fourth-order valence-electron chi connectivity index (χ4n) is 2.00. The van der Waals surface area contributed by atoms with Gasteiger partial charge in [-0.05, 0) is 41.9 Å². The van der Waals surface area contributed by atoms with Crippen LogP contribution in [0, 0.1) is 0 Å². The van der Waals surface area contributed by atoms with E-state index in [0.29, 0.717) is 0 Å². The lowest BCUT2D eigenvalue weighted by Crippen LogP contribution is -2.27. The zero-order valence-corrected chi connectivity index (χ0v) is 11.0. The molecular formula is C15H20N2O. The highest BCUT2D eigenvalue weighted by atomic mass is 16.5. The Balaban J connectivity index is 2.08. The maximum atomic E-state index is 5.23. The average molecular weight is 244 g/mol. The number of nitrogens with one attached hydrogen (secondary N) is 2. The van der Waals surface area contributed by atoms with Crippen LogP contribution in [0.2, 0.25) is 0 Å². The molecule has 2 aromatic rings. The van der Waals surface area contributed by atoms with Crippen molar-refractivity contribution >= 4 is 10.8 Å². The fraction of sp³-hybridized carbons (Fsp3) is 0.333. The molecule has 0 aliphatic rings. The van der Waals surface area contributed by atoms with E-state index < -0.39 is 0 Å². The van der Waals surface area contributed by atoms with E-state index in [1.807, 2.05) is 13.1 Å². The van der Waals surface area contributed by atoms with Gasteiger partial charge in [0.2, 0.25) is 0 Å². The van der Waals surface area contributed by atoms with Crippen LogP contribution in [0.25, 0.3) is 10.8 Å². The first kappa shape index (κ1) is 12.9. The molecule has 2 aromatic carbocycles. The molecule has 2 rings (SSSR count). The monoisotopic (exact) mass is 244 g/mol. The van der Waals surface area contributed by atoms with Gasteiger partial charge in [0.25, 0.3) is 0 Å². The molecule has 0 unspecified atom stereocenters. The van der Waals surface area contributed by atoms with Crippen LogP contribution >= 0.6 is 0 Å². The van der Waals surface area contributed by atoms with Crippen LogP contribution in [0.5, 0.6) is 5.75 Å². The summed E-state index contributed by atoms with van der Waals surface area (Å²) in [5, 5.41) is 8.88. The van der Waals surface area contributed by atoms with Gasteiger partial charge >= 0.3 is 0 Å². The first-order valence-electron chi connectivity index (χ1n) is 6.25. The molecule has 0 aromatic heterocycles. The smallest absolute Gasteiger partial charge is 0.119 e. The zero-order valence-electron chi connectivity index (χ0n) is 11.0. The Kier molecular flexibility index (Phi) is 4.56. The van der Waals surface area contributed by atoms with Gasteiger partial charge in [-0.1, -0.05) is 24.3 Å². The third-order valence-corrected chi connectivity index (χ3v) is 3.00. The van der Waals surface area contributed by atoms with E-state index in [4.69, 9.17) is 4.74 Å². The van der Waals surface area contributed by atoms with Gasteiger partial charge in [0.15, 0.2) is 0 Å². The van der Waals surface area contributed by atoms with E-state index in [1.165, 1.54) is 16.3 Å². The number of hydrogen-bond donors (Lipinski definition) is 2. The van der Waals surface area contributed by atoms with Crippen molar-refractivity contribution in [3.05, 3.63) is 42.0 Å². The molecule has 0 amide bonds. The fourth-order valence-corrected chi connectivity index (χ4v) is 2.00. The first-order chi connectivity index (χ1) is 8.83. The molecular weight excluding hydrogens is 224 g/mol. The van der Waals surface area contributed by atoms with Crippen molar-refractivity contribution in [2.24, 2.45) is 0 Å². The number of methoxy groups -OCH3 is 1. The molecule has 0 heterocycles. The van der Waals surface area contributed by atoms with Crippen LogP contribution in [0.15, 0.2) is 36.4 Å². The Hall–Kier alpha value is -1.58. The van der Waals surface area contributed by atoms with Crippen LogP contribution in [-0.4, -0.2) is 27.4 Å². The van der Waals surface area contributed by atoms with Gasteiger partial charge < -0.3 is 15.4 Å². The quantitative estimate of drug-likeness (QED) is 0.603. The number of ether oxygens (including phenoxy) is 1. The molecule has 0 radical (unpaired) electrons. The Bertz CT molecular complexity index is 511. The predicted octanol–water partition coefficient (Wildman–Crippen LogP) is 2.16. The van der Waals surface area contributed by atoms with Crippen LogP contribution in [-0.2, 0) is 6.42 Å². The normalized spacial score (nSPS) is 10.8. The number of benzene rings is 2. The van der Waals surface area contributed by atoms with Crippen LogP contribution in [0.4, 0.5) is 0 Å². The first-order valence-corrected chi connectivity index (χ1v) is 6.25. The summed E-state index contributed by atoms with van der Waals surface area (Å²) >= 11 is 0. The van der Waals surface area contributed by atoms with Crippen molar-refractivity contribution in [1.82, 2.24) is 10.6 Å². The lowest BCUT2D eigenvalue weighted by atomic mass is 10.0. The second-order valence-electron chi connectivity index (χ2n) is 4.33. The molecule has 3 heteroatoms. The molecule has 3 nitrogen and oxygen atoms in total. The minimum atomic E-state index is 0.852. The number of rotatable bonds is 6. The van der Waals surface area contributed by atoms with Crippen molar-refractivity contribution in [1.29, 1.82) is 0 Å². The second kappa shape index (κ2) is 6.38. The predicted molar refractivity (Wildman–Crippen MR) is 76.1 cm³/mol. The highest BCUT2D eigenvalue weighted by Gasteiger charge is 1.99. The molecule has 2 N–H and O–H groups in total. The van der Waals surface area contributed by atoms with Gasteiger partial charge in [-0.3, -0.25) is 0 Å². The standard InChI is InChI=1S/C15H20N2O/c1-16-11-17-8-7-12-3-4-14-10-15(18-2)6-5-13(14)9-12/h3-6,9-10,16-17H,7-8,11H2,1-2H3. The summed E-state index contributed by atoms with van der Waals surface area (Å²) in [5.74, 6) is 0.908. The third-order valence-electron chi connectivity index (χ3n) is 3.00. The van der Waals surface area contributed by atoms with Crippen LogP contribution in [0.3, 0.4) is 0 Å². The van der Waals surface area contributed by atoms with Gasteiger partial charge in [0.05, 0.1) is 7.11 Å². The van der Waals surface area contributed by atoms with Gasteiger partial charge in [-0.2, -0.15) is 0 Å². The van der Waals surface area contributed by atoms with E-state index in [9.17, 15) is 0 Å². The molecule has 0 atom stereocenters. The highest BCUT2D eigenvalue weighted by Crippen LogP contribution is 2.21. The maximum Gasteiger partial charge on any atom is 0.119 e. The van der Waals surface area contributed by atoms with Gasteiger partial charge in [0.1, 0.15) is 5.75 Å². The summed E-state index contributed by atoms with van der Waals surface area (Å²) in [4.78, 5) is 0. The zero-order chi connectivity index (χ0) is 12.8. The number of fused-ring (bicyclic) bond motifs is 1. The van der Waals surface area contributed by atoms with Crippen molar-refractivity contribution in [2.45, 2.75) is 6.42 Å². The van der Waals surface area contributed by atoms with Crippen molar-refractivity contribution < 1.29 is 4.74 Å². The average Bonchev–Trinajstić information content (AvgIpc) is 2.43. The molecule has 18 heavy (non-hydrogen) atoms. The second-order valence-corrected chi connectivity index (χ2v) is 4.33. The molecule has 0 saturated heterocycles. The lowest BCUT2D eigenvalue weighted by Gasteiger charge is -2.06. The van der Waals surface area contributed by atoms with E-state index in [0.717, 1.165) is 25.4 Å².